The van der Waals surface area contributed by atoms with Gasteiger partial charge in [0, 0.05) is 21.9 Å². The van der Waals surface area contributed by atoms with Crippen molar-refractivity contribution in [3.8, 4) is 0 Å². The minimum Gasteiger partial charge on any atom is -0.463 e. The lowest BCUT2D eigenvalue weighted by Crippen LogP contribution is -2.14. The van der Waals surface area contributed by atoms with Crippen LogP contribution in [0.25, 0.3) is 5.57 Å². The van der Waals surface area contributed by atoms with Crippen molar-refractivity contribution in [2.45, 2.75) is 39.7 Å². The number of hydrogen-bond donors (Lipinski definition) is 1. The van der Waals surface area contributed by atoms with Crippen LogP contribution in [0.4, 0.5) is 0 Å². The molecule has 1 aromatic rings. The highest BCUT2D eigenvalue weighted by Crippen LogP contribution is 2.25. The summed E-state index contributed by atoms with van der Waals surface area (Å²) in [5.74, 6) is -0.277. The third-order valence-electron chi connectivity index (χ3n) is 2.52. The predicted octanol–water partition coefficient (Wildman–Crippen LogP) is 2.99. The molecular weight excluding hydrogens is 246 g/mol. The van der Waals surface area contributed by atoms with Crippen LogP contribution in [0.5, 0.6) is 0 Å². The lowest BCUT2D eigenvalue weighted by Gasteiger charge is -2.02. The molecule has 0 fully saturated rings. The molecule has 0 spiro atoms. The second-order valence-electron chi connectivity index (χ2n) is 4.36. The maximum absolute atomic E-state index is 11.3. The van der Waals surface area contributed by atoms with Gasteiger partial charge in [-0.2, -0.15) is 0 Å². The highest BCUT2D eigenvalue weighted by molar-refractivity contribution is 7.13. The van der Waals surface area contributed by atoms with Gasteiger partial charge in [-0.3, -0.25) is 0 Å². The number of ether oxygens (including phenoxy) is 1. The van der Waals surface area contributed by atoms with Crippen LogP contribution < -0.4 is 5.73 Å². The van der Waals surface area contributed by atoms with Crippen LogP contribution in [-0.2, 0) is 16.0 Å². The summed E-state index contributed by atoms with van der Waals surface area (Å²) in [5.41, 5.74) is 6.69. The van der Waals surface area contributed by atoms with Crippen molar-refractivity contribution in [1.29, 1.82) is 0 Å². The van der Waals surface area contributed by atoms with E-state index in [-0.39, 0.29) is 12.0 Å². The lowest BCUT2D eigenvalue weighted by atomic mass is 10.2. The third-order valence-corrected chi connectivity index (χ3v) is 3.80. The number of allylic oxidation sites excluding steroid dienone is 1. The molecule has 0 aliphatic rings. The molecule has 0 radical (unpaired) electrons. The van der Waals surface area contributed by atoms with Crippen LogP contribution in [0.2, 0.25) is 0 Å². The predicted molar refractivity (Wildman–Crippen MR) is 76.6 cm³/mol. The van der Waals surface area contributed by atoms with Crippen molar-refractivity contribution in [3.63, 3.8) is 0 Å². The van der Waals surface area contributed by atoms with Gasteiger partial charge in [0.25, 0.3) is 0 Å². The second kappa shape index (κ2) is 7.34. The van der Waals surface area contributed by atoms with E-state index in [1.54, 1.807) is 24.3 Å². The van der Waals surface area contributed by atoms with Gasteiger partial charge in [-0.05, 0) is 51.3 Å². The fourth-order valence-electron chi connectivity index (χ4n) is 1.53. The Labute approximate surface area is 113 Å². The average molecular weight is 267 g/mol. The van der Waals surface area contributed by atoms with Gasteiger partial charge in [-0.15, -0.1) is 11.3 Å². The summed E-state index contributed by atoms with van der Waals surface area (Å²) in [6.45, 7) is 6.16. The number of thiophene rings is 1. The number of carbonyl (C=O) groups excluding carboxylic acids is 1. The molecule has 18 heavy (non-hydrogen) atoms. The zero-order chi connectivity index (χ0) is 13.5. The second-order valence-corrected chi connectivity index (χ2v) is 5.53. The van der Waals surface area contributed by atoms with Crippen LogP contribution >= 0.6 is 11.3 Å². The molecule has 3 nitrogen and oxygen atoms in total. The Morgan fingerprint density at radius 2 is 2.28 bits per heavy atom. The van der Waals surface area contributed by atoms with Crippen LogP contribution in [0.15, 0.2) is 18.2 Å². The van der Waals surface area contributed by atoms with E-state index in [1.165, 1.54) is 4.88 Å². The standard InChI is InChI=1S/C14H21NO2S/c1-4-17-14(16)9-10(2)13-8-7-12(18-13)6-5-11(3)15/h7-9,11H,4-6,15H2,1-3H3. The summed E-state index contributed by atoms with van der Waals surface area (Å²) >= 11 is 1.71. The van der Waals surface area contributed by atoms with Crippen molar-refractivity contribution >= 4 is 22.9 Å². The zero-order valence-corrected chi connectivity index (χ0v) is 12.0. The minimum atomic E-state index is -0.277. The van der Waals surface area contributed by atoms with Crippen LogP contribution in [0.3, 0.4) is 0 Å². The van der Waals surface area contributed by atoms with Crippen molar-refractivity contribution < 1.29 is 9.53 Å². The molecule has 1 atom stereocenters. The Kier molecular flexibility index (Phi) is 6.09. The molecule has 1 rings (SSSR count). The number of esters is 1. The highest BCUT2D eigenvalue weighted by Gasteiger charge is 2.05. The topological polar surface area (TPSA) is 52.3 Å². The summed E-state index contributed by atoms with van der Waals surface area (Å²) in [5, 5.41) is 0. The summed E-state index contributed by atoms with van der Waals surface area (Å²) < 4.78 is 4.89. The van der Waals surface area contributed by atoms with Gasteiger partial charge in [0.2, 0.25) is 0 Å². The third kappa shape index (κ3) is 5.02. The Balaban J connectivity index is 2.64. The molecule has 2 N–H and O–H groups in total. The van der Waals surface area contributed by atoms with Crippen molar-refractivity contribution in [2.75, 3.05) is 6.61 Å². The monoisotopic (exact) mass is 267 g/mol. The van der Waals surface area contributed by atoms with Gasteiger partial charge in [0.15, 0.2) is 0 Å². The first-order valence-electron chi connectivity index (χ1n) is 6.22. The van der Waals surface area contributed by atoms with Crippen LogP contribution in [0.1, 0.15) is 36.9 Å². The van der Waals surface area contributed by atoms with E-state index in [1.807, 2.05) is 19.9 Å². The summed E-state index contributed by atoms with van der Waals surface area (Å²) in [6.07, 6.45) is 3.53. The van der Waals surface area contributed by atoms with E-state index in [4.69, 9.17) is 10.5 Å². The SMILES string of the molecule is CCOC(=O)C=C(C)c1ccc(CCC(C)N)s1. The molecule has 0 saturated carbocycles. The van der Waals surface area contributed by atoms with Crippen molar-refractivity contribution in [3.05, 3.63) is 28.0 Å². The van der Waals surface area contributed by atoms with Crippen LogP contribution in [-0.4, -0.2) is 18.6 Å². The molecule has 0 saturated heterocycles. The first kappa shape index (κ1) is 14.9. The quantitative estimate of drug-likeness (QED) is 0.637. The van der Waals surface area contributed by atoms with Crippen molar-refractivity contribution in [2.24, 2.45) is 5.73 Å². The summed E-state index contributed by atoms with van der Waals surface area (Å²) in [7, 11) is 0. The number of hydrogen-bond acceptors (Lipinski definition) is 4. The normalized spacial score (nSPS) is 13.4. The molecule has 0 bridgehead atoms. The average Bonchev–Trinajstić information content (AvgIpc) is 2.75. The van der Waals surface area contributed by atoms with E-state index >= 15 is 0 Å². The molecule has 0 aliphatic heterocycles. The number of rotatable bonds is 6. The Hall–Kier alpha value is -1.13. The Morgan fingerprint density at radius 1 is 1.56 bits per heavy atom. The first-order valence-corrected chi connectivity index (χ1v) is 7.04. The van der Waals surface area contributed by atoms with Gasteiger partial charge in [-0.1, -0.05) is 0 Å². The first-order chi connectivity index (χ1) is 8.52. The molecule has 0 amide bonds. The Bertz CT molecular complexity index is 421. The van der Waals surface area contributed by atoms with Crippen LogP contribution in [0, 0.1) is 0 Å². The lowest BCUT2D eigenvalue weighted by molar-refractivity contribution is -0.137. The van der Waals surface area contributed by atoms with Gasteiger partial charge in [-0.25, -0.2) is 4.79 Å². The maximum atomic E-state index is 11.3. The molecule has 1 aromatic heterocycles. The molecular formula is C14H21NO2S. The van der Waals surface area contributed by atoms with Crippen molar-refractivity contribution in [1.82, 2.24) is 0 Å². The molecule has 0 aliphatic carbocycles. The fraction of sp³-hybridized carbons (Fsp3) is 0.500. The summed E-state index contributed by atoms with van der Waals surface area (Å²) in [4.78, 5) is 13.8. The molecule has 0 aromatic carbocycles. The Morgan fingerprint density at radius 3 is 2.89 bits per heavy atom. The highest BCUT2D eigenvalue weighted by atomic mass is 32.1. The van der Waals surface area contributed by atoms with Gasteiger partial charge in [0.05, 0.1) is 6.61 Å². The fourth-order valence-corrected chi connectivity index (χ4v) is 2.52. The number of nitrogens with two attached hydrogens (primary N) is 1. The van der Waals surface area contributed by atoms with Gasteiger partial charge < -0.3 is 10.5 Å². The van der Waals surface area contributed by atoms with E-state index in [0.717, 1.165) is 23.3 Å². The van der Waals surface area contributed by atoms with E-state index in [9.17, 15) is 4.79 Å². The zero-order valence-electron chi connectivity index (χ0n) is 11.2. The van der Waals surface area contributed by atoms with E-state index in [0.29, 0.717) is 6.61 Å². The smallest absolute Gasteiger partial charge is 0.331 e. The minimum absolute atomic E-state index is 0.228. The number of aryl methyl sites for hydroxylation is 1. The maximum Gasteiger partial charge on any atom is 0.331 e. The molecule has 100 valence electrons. The largest absolute Gasteiger partial charge is 0.463 e. The van der Waals surface area contributed by atoms with E-state index in [2.05, 4.69) is 6.07 Å². The van der Waals surface area contributed by atoms with Gasteiger partial charge >= 0.3 is 5.97 Å². The molecule has 1 heterocycles. The van der Waals surface area contributed by atoms with Gasteiger partial charge in [0.1, 0.15) is 0 Å². The molecule has 4 heteroatoms. The molecule has 1 unspecified atom stereocenters. The summed E-state index contributed by atoms with van der Waals surface area (Å²) in [6, 6.07) is 4.38. The number of carbonyl (C=O) groups is 1. The van der Waals surface area contributed by atoms with E-state index < -0.39 is 0 Å².